The maximum absolute atomic E-state index is 12.6. The molecule has 0 aliphatic carbocycles. The molecule has 0 unspecified atom stereocenters. The van der Waals surface area contributed by atoms with Crippen molar-refractivity contribution in [3.8, 4) is 0 Å². The van der Waals surface area contributed by atoms with Crippen molar-refractivity contribution in [2.75, 3.05) is 0 Å². The molecular formula is C21H14N2O2S. The van der Waals surface area contributed by atoms with Gasteiger partial charge in [-0.25, -0.2) is 0 Å². The number of fused-ring (bicyclic) bond motifs is 4. The number of hydrogen-bond acceptors (Lipinski definition) is 3. The summed E-state index contributed by atoms with van der Waals surface area (Å²) < 4.78 is 8.72. The first-order valence-corrected chi connectivity index (χ1v) is 9.07. The summed E-state index contributed by atoms with van der Waals surface area (Å²) in [6.45, 7) is 0. The fourth-order valence-electron chi connectivity index (χ4n) is 3.19. The molecule has 3 aromatic carbocycles. The van der Waals surface area contributed by atoms with E-state index >= 15 is 0 Å². The van der Waals surface area contributed by atoms with Crippen LogP contribution in [0.1, 0.15) is 10.6 Å². The number of nitrogens with zero attached hydrogens (tertiary/aromatic N) is 2. The molecule has 2 aromatic heterocycles. The van der Waals surface area contributed by atoms with Crippen molar-refractivity contribution in [1.82, 2.24) is 4.57 Å². The molecule has 5 aromatic rings. The van der Waals surface area contributed by atoms with Gasteiger partial charge in [0.2, 0.25) is 0 Å². The Hall–Kier alpha value is -3.18. The number of benzene rings is 3. The summed E-state index contributed by atoms with van der Waals surface area (Å²) in [7, 11) is 1.93. The van der Waals surface area contributed by atoms with Crippen LogP contribution in [0.3, 0.4) is 0 Å². The third-order valence-corrected chi connectivity index (χ3v) is 5.71. The maximum Gasteiger partial charge on any atom is 0.315 e. The molecule has 5 heteroatoms. The minimum atomic E-state index is -0.368. The lowest BCUT2D eigenvalue weighted by Gasteiger charge is -1.99. The van der Waals surface area contributed by atoms with Gasteiger partial charge in [0.15, 0.2) is 10.6 Å². The van der Waals surface area contributed by atoms with Crippen LogP contribution >= 0.6 is 11.3 Å². The van der Waals surface area contributed by atoms with Crippen molar-refractivity contribution >= 4 is 49.2 Å². The lowest BCUT2D eigenvalue weighted by atomic mass is 10.1. The topological polar surface area (TPSA) is 47.5 Å². The van der Waals surface area contributed by atoms with Crippen LogP contribution in [0.4, 0.5) is 0 Å². The molecule has 1 amide bonds. The second-order valence-corrected chi connectivity index (χ2v) is 7.12. The first kappa shape index (κ1) is 15.1. The lowest BCUT2D eigenvalue weighted by Crippen LogP contribution is -2.12. The Morgan fingerprint density at radius 1 is 1.00 bits per heavy atom. The average molecular weight is 358 g/mol. The van der Waals surface area contributed by atoms with E-state index in [1.165, 1.54) is 22.1 Å². The summed E-state index contributed by atoms with van der Waals surface area (Å²) >= 11 is 1.52. The van der Waals surface area contributed by atoms with Gasteiger partial charge in [-0.15, -0.1) is 0 Å². The first-order chi connectivity index (χ1) is 12.7. The van der Waals surface area contributed by atoms with E-state index in [0.29, 0.717) is 10.4 Å². The normalized spacial score (nSPS) is 12.4. The smallest absolute Gasteiger partial charge is 0.315 e. The molecule has 0 aliphatic rings. The van der Waals surface area contributed by atoms with Crippen molar-refractivity contribution in [3.63, 3.8) is 0 Å². The third-order valence-electron chi connectivity index (χ3n) is 4.53. The standard InChI is InChI=1S/C21H14N2O2S/c1-23-16-11-10-13-6-2-4-8-15(13)19(16)26-21(23)22-20(24)18-12-14-7-3-5-9-17(14)25-18/h2-12H,1H3. The Bertz CT molecular complexity index is 1340. The summed E-state index contributed by atoms with van der Waals surface area (Å²) in [5.74, 6) is -0.110. The van der Waals surface area contributed by atoms with Gasteiger partial charge in [0.05, 0.1) is 10.2 Å². The minimum Gasteiger partial charge on any atom is -0.451 e. The second-order valence-electron chi connectivity index (χ2n) is 6.14. The molecule has 26 heavy (non-hydrogen) atoms. The van der Waals surface area contributed by atoms with Crippen LogP contribution in [0.25, 0.3) is 32.0 Å². The molecule has 0 atom stereocenters. The van der Waals surface area contributed by atoms with E-state index in [2.05, 4.69) is 29.3 Å². The van der Waals surface area contributed by atoms with E-state index in [9.17, 15) is 4.79 Å². The Morgan fingerprint density at radius 3 is 2.62 bits per heavy atom. The van der Waals surface area contributed by atoms with Gasteiger partial charge in [-0.2, -0.15) is 4.99 Å². The van der Waals surface area contributed by atoms with Crippen LogP contribution in [0.5, 0.6) is 0 Å². The number of amides is 1. The fourth-order valence-corrected chi connectivity index (χ4v) is 4.34. The zero-order valence-electron chi connectivity index (χ0n) is 14.0. The summed E-state index contributed by atoms with van der Waals surface area (Å²) in [5, 5.41) is 3.25. The number of aromatic nitrogens is 1. The SMILES string of the molecule is Cn1c(=NC(=O)c2cc3ccccc3o2)sc2c3ccccc3ccc21. The van der Waals surface area contributed by atoms with Crippen LogP contribution in [0.15, 0.2) is 76.1 Å². The van der Waals surface area contributed by atoms with Gasteiger partial charge in [0, 0.05) is 17.8 Å². The third kappa shape index (κ3) is 2.29. The molecule has 0 fully saturated rings. The fraction of sp³-hybridized carbons (Fsp3) is 0.0476. The molecule has 0 bridgehead atoms. The number of furan rings is 1. The molecule has 0 saturated carbocycles. The number of carbonyl (C=O) groups is 1. The van der Waals surface area contributed by atoms with Crippen LogP contribution in [-0.2, 0) is 7.05 Å². The van der Waals surface area contributed by atoms with E-state index in [0.717, 1.165) is 15.6 Å². The Balaban J connectivity index is 1.69. The Morgan fingerprint density at radius 2 is 1.77 bits per heavy atom. The predicted octanol–water partition coefficient (Wildman–Crippen LogP) is 4.88. The van der Waals surface area contributed by atoms with E-state index in [1.54, 1.807) is 6.07 Å². The van der Waals surface area contributed by atoms with Gasteiger partial charge in [-0.1, -0.05) is 59.9 Å². The van der Waals surface area contributed by atoms with Crippen LogP contribution in [0.2, 0.25) is 0 Å². The first-order valence-electron chi connectivity index (χ1n) is 8.25. The van der Waals surface area contributed by atoms with Crippen molar-refractivity contribution in [2.45, 2.75) is 0 Å². The molecule has 0 radical (unpaired) electrons. The summed E-state index contributed by atoms with van der Waals surface area (Å²) in [6.07, 6.45) is 0. The zero-order valence-corrected chi connectivity index (χ0v) is 14.8. The van der Waals surface area contributed by atoms with Crippen molar-refractivity contribution in [3.05, 3.63) is 77.3 Å². The monoisotopic (exact) mass is 358 g/mol. The van der Waals surface area contributed by atoms with Gasteiger partial charge in [-0.3, -0.25) is 4.79 Å². The molecule has 4 nitrogen and oxygen atoms in total. The second kappa shape index (κ2) is 5.68. The van der Waals surface area contributed by atoms with Gasteiger partial charge in [-0.05, 0) is 23.6 Å². The highest BCUT2D eigenvalue weighted by Crippen LogP contribution is 2.27. The highest BCUT2D eigenvalue weighted by molar-refractivity contribution is 7.17. The van der Waals surface area contributed by atoms with E-state index in [4.69, 9.17) is 4.42 Å². The lowest BCUT2D eigenvalue weighted by molar-refractivity contribution is 0.0973. The highest BCUT2D eigenvalue weighted by atomic mass is 32.1. The largest absolute Gasteiger partial charge is 0.451 e. The molecular weight excluding hydrogens is 344 g/mol. The van der Waals surface area contributed by atoms with Crippen molar-refractivity contribution in [2.24, 2.45) is 12.0 Å². The number of rotatable bonds is 1. The molecule has 0 N–H and O–H groups in total. The van der Waals surface area contributed by atoms with Gasteiger partial charge in [0.25, 0.3) is 0 Å². The minimum absolute atomic E-state index is 0.258. The molecule has 5 rings (SSSR count). The maximum atomic E-state index is 12.6. The van der Waals surface area contributed by atoms with E-state index in [1.807, 2.05) is 48.0 Å². The predicted molar refractivity (Wildman–Crippen MR) is 104 cm³/mol. The molecule has 0 spiro atoms. The summed E-state index contributed by atoms with van der Waals surface area (Å²) in [6, 6.07) is 21.7. The van der Waals surface area contributed by atoms with Crippen LogP contribution < -0.4 is 4.80 Å². The highest BCUT2D eigenvalue weighted by Gasteiger charge is 2.13. The van der Waals surface area contributed by atoms with Crippen LogP contribution in [0, 0.1) is 0 Å². The van der Waals surface area contributed by atoms with Gasteiger partial charge >= 0.3 is 5.91 Å². The number of hydrogen-bond donors (Lipinski definition) is 0. The van der Waals surface area contributed by atoms with Gasteiger partial charge < -0.3 is 8.98 Å². The zero-order chi connectivity index (χ0) is 17.7. The summed E-state index contributed by atoms with van der Waals surface area (Å²) in [5.41, 5.74) is 1.75. The number of carbonyl (C=O) groups excluding carboxylic acids is 1. The van der Waals surface area contributed by atoms with Crippen LogP contribution in [-0.4, -0.2) is 10.5 Å². The number of aryl methyl sites for hydroxylation is 1. The Labute approximate surface area is 152 Å². The van der Waals surface area contributed by atoms with Crippen molar-refractivity contribution < 1.29 is 9.21 Å². The van der Waals surface area contributed by atoms with E-state index < -0.39 is 0 Å². The number of thiazole rings is 1. The van der Waals surface area contributed by atoms with Crippen molar-refractivity contribution in [1.29, 1.82) is 0 Å². The molecule has 0 aliphatic heterocycles. The summed E-state index contributed by atoms with van der Waals surface area (Å²) in [4.78, 5) is 17.6. The quantitative estimate of drug-likeness (QED) is 0.429. The number of para-hydroxylation sites is 1. The molecule has 2 heterocycles. The van der Waals surface area contributed by atoms with Gasteiger partial charge in [0.1, 0.15) is 5.58 Å². The Kier molecular flexibility index (Phi) is 3.30. The molecule has 0 saturated heterocycles. The average Bonchev–Trinajstić information content (AvgIpc) is 3.24. The molecule has 126 valence electrons. The van der Waals surface area contributed by atoms with E-state index in [-0.39, 0.29) is 11.7 Å².